The Morgan fingerprint density at radius 1 is 1.42 bits per heavy atom. The van der Waals surface area contributed by atoms with Crippen LogP contribution in [0.1, 0.15) is 46.5 Å². The van der Waals surface area contributed by atoms with Gasteiger partial charge in [0.2, 0.25) is 0 Å². The van der Waals surface area contributed by atoms with Crippen molar-refractivity contribution in [1.82, 2.24) is 9.80 Å². The highest BCUT2D eigenvalue weighted by molar-refractivity contribution is 5.75. The van der Waals surface area contributed by atoms with Crippen LogP contribution in [0.15, 0.2) is 0 Å². The zero-order valence-electron chi connectivity index (χ0n) is 12.3. The minimum atomic E-state index is -0.803. The zero-order chi connectivity index (χ0) is 14.4. The van der Waals surface area contributed by atoms with Crippen molar-refractivity contribution in [3.8, 4) is 0 Å². The van der Waals surface area contributed by atoms with Crippen LogP contribution in [0.2, 0.25) is 0 Å². The van der Waals surface area contributed by atoms with Crippen molar-refractivity contribution in [2.75, 3.05) is 19.6 Å². The molecule has 1 N–H and O–H groups in total. The Kier molecular flexibility index (Phi) is 6.12. The van der Waals surface area contributed by atoms with Crippen molar-refractivity contribution in [2.24, 2.45) is 5.92 Å². The van der Waals surface area contributed by atoms with Gasteiger partial charge >= 0.3 is 12.0 Å². The first-order valence-electron chi connectivity index (χ1n) is 7.19. The Morgan fingerprint density at radius 3 is 2.63 bits per heavy atom. The molecule has 0 saturated carbocycles. The van der Waals surface area contributed by atoms with Crippen LogP contribution < -0.4 is 0 Å². The summed E-state index contributed by atoms with van der Waals surface area (Å²) in [5, 5.41) is 8.67. The van der Waals surface area contributed by atoms with Crippen LogP contribution in [0.25, 0.3) is 0 Å². The predicted molar refractivity (Wildman–Crippen MR) is 74.1 cm³/mol. The largest absolute Gasteiger partial charge is 0.481 e. The fraction of sp³-hybridized carbons (Fsp3) is 0.857. The summed E-state index contributed by atoms with van der Waals surface area (Å²) in [4.78, 5) is 26.7. The van der Waals surface area contributed by atoms with Crippen LogP contribution in [-0.2, 0) is 4.79 Å². The molecule has 5 nitrogen and oxygen atoms in total. The number of aliphatic carboxylic acids is 1. The molecule has 5 heteroatoms. The monoisotopic (exact) mass is 270 g/mol. The van der Waals surface area contributed by atoms with Crippen molar-refractivity contribution in [1.29, 1.82) is 0 Å². The van der Waals surface area contributed by atoms with Gasteiger partial charge in [0.15, 0.2) is 0 Å². The highest BCUT2D eigenvalue weighted by Gasteiger charge is 2.26. The highest BCUT2D eigenvalue weighted by Crippen LogP contribution is 2.18. The molecule has 1 heterocycles. The molecule has 1 fully saturated rings. The first-order chi connectivity index (χ1) is 8.91. The number of carbonyl (C=O) groups excluding carboxylic acids is 1. The summed E-state index contributed by atoms with van der Waals surface area (Å²) >= 11 is 0. The Morgan fingerprint density at radius 2 is 2.11 bits per heavy atom. The second-order valence-electron chi connectivity index (χ2n) is 5.76. The molecular formula is C14H26N2O3. The maximum atomic E-state index is 12.5. The van der Waals surface area contributed by atoms with E-state index in [4.69, 9.17) is 5.11 Å². The number of carbonyl (C=O) groups is 2. The summed E-state index contributed by atoms with van der Waals surface area (Å²) in [5.74, 6) is -0.242. The Balaban J connectivity index is 2.54. The smallest absolute Gasteiger partial charge is 0.320 e. The van der Waals surface area contributed by atoms with Gasteiger partial charge in [0, 0.05) is 32.1 Å². The summed E-state index contributed by atoms with van der Waals surface area (Å²) in [5.41, 5.74) is 0. The van der Waals surface area contributed by atoms with E-state index in [2.05, 4.69) is 6.92 Å². The van der Waals surface area contributed by atoms with Crippen LogP contribution in [0, 0.1) is 5.92 Å². The topological polar surface area (TPSA) is 60.9 Å². The van der Waals surface area contributed by atoms with E-state index < -0.39 is 5.97 Å². The summed E-state index contributed by atoms with van der Waals surface area (Å²) in [6.07, 6.45) is 2.88. The third kappa shape index (κ3) is 5.09. The average Bonchev–Trinajstić information content (AvgIpc) is 2.33. The van der Waals surface area contributed by atoms with E-state index in [0.717, 1.165) is 19.5 Å². The number of likely N-dealkylation sites (tertiary alicyclic amines) is 1. The number of amides is 2. The van der Waals surface area contributed by atoms with E-state index in [9.17, 15) is 9.59 Å². The fourth-order valence-corrected chi connectivity index (χ4v) is 2.52. The molecule has 1 atom stereocenters. The molecular weight excluding hydrogens is 244 g/mol. The molecule has 0 radical (unpaired) electrons. The number of hydrogen-bond acceptors (Lipinski definition) is 2. The van der Waals surface area contributed by atoms with Crippen LogP contribution in [0.4, 0.5) is 4.79 Å². The standard InChI is InChI=1S/C14H26N2O3/c1-11(2)16(9-5-7-13(17)18)14(19)15-8-4-6-12(3)10-15/h11-12H,4-10H2,1-3H3,(H,17,18). The van der Waals surface area contributed by atoms with Gasteiger partial charge < -0.3 is 14.9 Å². The second-order valence-corrected chi connectivity index (χ2v) is 5.76. The lowest BCUT2D eigenvalue weighted by atomic mass is 10.0. The maximum Gasteiger partial charge on any atom is 0.320 e. The number of hydrogen-bond donors (Lipinski definition) is 1. The van der Waals surface area contributed by atoms with Gasteiger partial charge in [-0.2, -0.15) is 0 Å². The number of carboxylic acid groups (broad SMARTS) is 1. The van der Waals surface area contributed by atoms with E-state index >= 15 is 0 Å². The van der Waals surface area contributed by atoms with E-state index in [1.807, 2.05) is 18.7 Å². The second kappa shape index (κ2) is 7.36. The predicted octanol–water partition coefficient (Wildman–Crippen LogP) is 2.41. The Hall–Kier alpha value is -1.26. The average molecular weight is 270 g/mol. The molecule has 1 aliphatic heterocycles. The fourth-order valence-electron chi connectivity index (χ4n) is 2.52. The molecule has 110 valence electrons. The summed E-state index contributed by atoms with van der Waals surface area (Å²) < 4.78 is 0. The lowest BCUT2D eigenvalue weighted by Crippen LogP contribution is -2.49. The van der Waals surface area contributed by atoms with Crippen LogP contribution in [0.5, 0.6) is 0 Å². The summed E-state index contributed by atoms with van der Waals surface area (Å²) in [6, 6.07) is 0.172. The number of carboxylic acids is 1. The first kappa shape index (κ1) is 15.8. The molecule has 0 bridgehead atoms. The number of urea groups is 1. The molecule has 0 aromatic carbocycles. The van der Waals surface area contributed by atoms with E-state index in [0.29, 0.717) is 18.9 Å². The van der Waals surface area contributed by atoms with E-state index in [-0.39, 0.29) is 18.5 Å². The first-order valence-corrected chi connectivity index (χ1v) is 7.19. The van der Waals surface area contributed by atoms with Gasteiger partial charge in [-0.15, -0.1) is 0 Å². The van der Waals surface area contributed by atoms with Gasteiger partial charge in [-0.3, -0.25) is 4.79 Å². The molecule has 0 aromatic rings. The Labute approximate surface area is 115 Å². The van der Waals surface area contributed by atoms with Crippen LogP contribution >= 0.6 is 0 Å². The van der Waals surface area contributed by atoms with Crippen LogP contribution in [0.3, 0.4) is 0 Å². The van der Waals surface area contributed by atoms with Gasteiger partial charge in [-0.05, 0) is 39.0 Å². The molecule has 1 saturated heterocycles. The van der Waals surface area contributed by atoms with Gasteiger partial charge in [0.05, 0.1) is 0 Å². The molecule has 0 spiro atoms. The van der Waals surface area contributed by atoms with Gasteiger partial charge in [0.1, 0.15) is 0 Å². The number of rotatable bonds is 5. The van der Waals surface area contributed by atoms with Crippen molar-refractivity contribution < 1.29 is 14.7 Å². The van der Waals surface area contributed by atoms with Crippen molar-refractivity contribution in [3.63, 3.8) is 0 Å². The quantitative estimate of drug-likeness (QED) is 0.834. The minimum absolute atomic E-state index is 0.0620. The third-order valence-corrected chi connectivity index (χ3v) is 3.59. The van der Waals surface area contributed by atoms with Gasteiger partial charge in [-0.1, -0.05) is 6.92 Å². The van der Waals surface area contributed by atoms with Crippen LogP contribution in [-0.4, -0.2) is 52.6 Å². The molecule has 1 rings (SSSR count). The van der Waals surface area contributed by atoms with Gasteiger partial charge in [0.25, 0.3) is 0 Å². The normalized spacial score (nSPS) is 19.6. The summed E-state index contributed by atoms with van der Waals surface area (Å²) in [6.45, 7) is 8.29. The molecule has 0 aromatic heterocycles. The lowest BCUT2D eigenvalue weighted by molar-refractivity contribution is -0.137. The van der Waals surface area contributed by atoms with E-state index in [1.165, 1.54) is 6.42 Å². The van der Waals surface area contributed by atoms with Crippen molar-refractivity contribution in [3.05, 3.63) is 0 Å². The molecule has 2 amide bonds. The van der Waals surface area contributed by atoms with Crippen molar-refractivity contribution >= 4 is 12.0 Å². The maximum absolute atomic E-state index is 12.5. The number of piperidine rings is 1. The molecule has 19 heavy (non-hydrogen) atoms. The number of nitrogens with zero attached hydrogens (tertiary/aromatic N) is 2. The molecule has 1 aliphatic rings. The van der Waals surface area contributed by atoms with Crippen molar-refractivity contribution in [2.45, 2.75) is 52.5 Å². The SMILES string of the molecule is CC1CCCN(C(=O)N(CCCC(=O)O)C(C)C)C1. The lowest BCUT2D eigenvalue weighted by Gasteiger charge is -2.37. The minimum Gasteiger partial charge on any atom is -0.481 e. The van der Waals surface area contributed by atoms with Gasteiger partial charge in [-0.25, -0.2) is 4.79 Å². The summed E-state index contributed by atoms with van der Waals surface area (Å²) in [7, 11) is 0. The molecule has 0 aliphatic carbocycles. The highest BCUT2D eigenvalue weighted by atomic mass is 16.4. The molecule has 1 unspecified atom stereocenters. The zero-order valence-corrected chi connectivity index (χ0v) is 12.3. The Bertz CT molecular complexity index is 318. The van der Waals surface area contributed by atoms with E-state index in [1.54, 1.807) is 4.90 Å². The third-order valence-electron chi connectivity index (χ3n) is 3.59.